The Hall–Kier alpha value is -4.46. The lowest BCUT2D eigenvalue weighted by molar-refractivity contribution is -0.131. The Kier molecular flexibility index (Phi) is 14.2. The molecular formula is C38H43ClF2N4O6S. The van der Waals surface area contributed by atoms with Crippen LogP contribution >= 0.6 is 24.2 Å². The smallest absolute Gasteiger partial charge is 0.240 e. The molecule has 0 spiro atoms. The Labute approximate surface area is 312 Å². The van der Waals surface area contributed by atoms with Crippen molar-refractivity contribution in [2.45, 2.75) is 58.4 Å². The van der Waals surface area contributed by atoms with Gasteiger partial charge in [-0.1, -0.05) is 38.5 Å². The molecule has 1 fully saturated rings. The lowest BCUT2D eigenvalue weighted by Crippen LogP contribution is -2.35. The van der Waals surface area contributed by atoms with Crippen molar-refractivity contribution in [1.29, 1.82) is 0 Å². The van der Waals surface area contributed by atoms with Crippen molar-refractivity contribution in [1.82, 2.24) is 4.98 Å². The zero-order valence-electron chi connectivity index (χ0n) is 29.2. The Bertz CT molecular complexity index is 1880. The number of unbranched alkanes of at least 4 members (excludes halogenated alkanes) is 3. The van der Waals surface area contributed by atoms with Crippen LogP contribution in [0.5, 0.6) is 23.0 Å². The van der Waals surface area contributed by atoms with Gasteiger partial charge in [-0.2, -0.15) is 0 Å². The molecule has 0 saturated heterocycles. The quantitative estimate of drug-likeness (QED) is 0.0717. The van der Waals surface area contributed by atoms with Crippen LogP contribution in [0.25, 0.3) is 10.9 Å². The molecular weight excluding hydrogens is 714 g/mol. The highest BCUT2D eigenvalue weighted by Gasteiger charge is 2.56. The predicted molar refractivity (Wildman–Crippen MR) is 202 cm³/mol. The van der Waals surface area contributed by atoms with E-state index < -0.39 is 34.9 Å². The average Bonchev–Trinajstić information content (AvgIpc) is 3.93. The van der Waals surface area contributed by atoms with Crippen LogP contribution in [0.15, 0.2) is 66.9 Å². The number of nitrogens with one attached hydrogen (secondary N) is 2. The van der Waals surface area contributed by atoms with Crippen LogP contribution in [-0.4, -0.2) is 47.4 Å². The first kappa shape index (κ1) is 40.3. The molecule has 278 valence electrons. The molecule has 2 amide bonds. The Balaban J connectivity index is 0.00000605. The number of rotatable bonds is 17. The van der Waals surface area contributed by atoms with E-state index in [4.69, 9.17) is 19.9 Å². The SMILES string of the molecule is COc1cc2c(Oc3ccc(NC(=O)C4(C(=O)Nc5ccc(F)cc5)CC4)cc3F)ccnc2cc1OCCCCCCSC(=O)[C@@H](N)C(C)C.Cl. The molecule has 52 heavy (non-hydrogen) atoms. The number of anilines is 2. The van der Waals surface area contributed by atoms with Gasteiger partial charge < -0.3 is 30.6 Å². The minimum absolute atomic E-state index is 0. The number of methoxy groups -OCH3 is 1. The van der Waals surface area contributed by atoms with Crippen molar-refractivity contribution in [3.05, 3.63) is 78.5 Å². The number of halogens is 3. The number of benzene rings is 3. The highest BCUT2D eigenvalue weighted by Crippen LogP contribution is 2.48. The first-order valence-corrected chi connectivity index (χ1v) is 17.9. The number of ether oxygens (including phenoxy) is 3. The van der Waals surface area contributed by atoms with E-state index in [1.807, 2.05) is 13.8 Å². The second-order valence-electron chi connectivity index (χ2n) is 12.8. The van der Waals surface area contributed by atoms with E-state index >= 15 is 4.39 Å². The van der Waals surface area contributed by atoms with Crippen molar-refractivity contribution in [2.24, 2.45) is 17.1 Å². The number of carbonyl (C=O) groups is 3. The van der Waals surface area contributed by atoms with Gasteiger partial charge in [-0.25, -0.2) is 8.78 Å². The lowest BCUT2D eigenvalue weighted by Gasteiger charge is -2.16. The second kappa shape index (κ2) is 18.3. The van der Waals surface area contributed by atoms with Crippen molar-refractivity contribution in [3.8, 4) is 23.0 Å². The van der Waals surface area contributed by atoms with Gasteiger partial charge in [0.1, 0.15) is 17.0 Å². The molecule has 1 aliphatic carbocycles. The zero-order valence-corrected chi connectivity index (χ0v) is 30.8. The molecule has 10 nitrogen and oxygen atoms in total. The largest absolute Gasteiger partial charge is 0.493 e. The number of nitrogens with two attached hydrogens (primary N) is 1. The van der Waals surface area contributed by atoms with Crippen molar-refractivity contribution >= 4 is 63.4 Å². The molecule has 1 aliphatic rings. The maximum Gasteiger partial charge on any atom is 0.240 e. The summed E-state index contributed by atoms with van der Waals surface area (Å²) in [7, 11) is 1.53. The molecule has 0 aliphatic heterocycles. The molecule has 4 aromatic rings. The first-order valence-electron chi connectivity index (χ1n) is 16.9. The molecule has 14 heteroatoms. The van der Waals surface area contributed by atoms with Gasteiger partial charge in [0, 0.05) is 40.8 Å². The minimum atomic E-state index is -1.29. The summed E-state index contributed by atoms with van der Waals surface area (Å²) in [4.78, 5) is 42.4. The number of thioether (sulfide) groups is 1. The van der Waals surface area contributed by atoms with Crippen LogP contribution in [-0.2, 0) is 14.4 Å². The van der Waals surface area contributed by atoms with Gasteiger partial charge in [0.25, 0.3) is 0 Å². The van der Waals surface area contributed by atoms with Crippen molar-refractivity contribution in [2.75, 3.05) is 30.1 Å². The topological polar surface area (TPSA) is 142 Å². The third-order valence-electron chi connectivity index (χ3n) is 8.65. The Morgan fingerprint density at radius 2 is 1.54 bits per heavy atom. The summed E-state index contributed by atoms with van der Waals surface area (Å²) in [5.41, 5.74) is 5.71. The van der Waals surface area contributed by atoms with Crippen LogP contribution in [0.2, 0.25) is 0 Å². The summed E-state index contributed by atoms with van der Waals surface area (Å²) in [6.07, 6.45) is 5.87. The third kappa shape index (κ3) is 10.1. The molecule has 0 radical (unpaired) electrons. The maximum atomic E-state index is 15.3. The normalized spacial score (nSPS) is 13.5. The van der Waals surface area contributed by atoms with E-state index in [9.17, 15) is 18.8 Å². The molecule has 4 N–H and O–H groups in total. The summed E-state index contributed by atoms with van der Waals surface area (Å²) >= 11 is 1.30. The van der Waals surface area contributed by atoms with E-state index in [0.29, 0.717) is 53.3 Å². The van der Waals surface area contributed by atoms with Gasteiger partial charge in [0.15, 0.2) is 23.1 Å². The summed E-state index contributed by atoms with van der Waals surface area (Å²) < 4.78 is 46.1. The fraction of sp³-hybridized carbons (Fsp3) is 0.368. The fourth-order valence-corrected chi connectivity index (χ4v) is 6.28. The first-order chi connectivity index (χ1) is 24.5. The summed E-state index contributed by atoms with van der Waals surface area (Å²) in [6.45, 7) is 4.36. The van der Waals surface area contributed by atoms with E-state index in [2.05, 4.69) is 15.6 Å². The number of hydrogen-bond donors (Lipinski definition) is 3. The molecule has 1 atom stereocenters. The van der Waals surface area contributed by atoms with E-state index in [1.54, 1.807) is 24.4 Å². The molecule has 1 aromatic heterocycles. The van der Waals surface area contributed by atoms with Gasteiger partial charge in [0.2, 0.25) is 16.9 Å². The highest BCUT2D eigenvalue weighted by atomic mass is 35.5. The van der Waals surface area contributed by atoms with Gasteiger partial charge in [-0.15, -0.1) is 12.4 Å². The van der Waals surface area contributed by atoms with E-state index in [1.165, 1.54) is 55.3 Å². The summed E-state index contributed by atoms with van der Waals surface area (Å²) in [5.74, 6) is -0.122. The van der Waals surface area contributed by atoms with Crippen LogP contribution in [0.3, 0.4) is 0 Å². The minimum Gasteiger partial charge on any atom is -0.493 e. The van der Waals surface area contributed by atoms with Gasteiger partial charge in [0.05, 0.1) is 25.3 Å². The number of hydrogen-bond acceptors (Lipinski definition) is 9. The van der Waals surface area contributed by atoms with Gasteiger partial charge in [-0.3, -0.25) is 19.4 Å². The monoisotopic (exact) mass is 756 g/mol. The Morgan fingerprint density at radius 1 is 0.865 bits per heavy atom. The van der Waals surface area contributed by atoms with E-state index in [0.717, 1.165) is 37.5 Å². The van der Waals surface area contributed by atoms with Crippen molar-refractivity contribution < 1.29 is 37.4 Å². The van der Waals surface area contributed by atoms with Gasteiger partial charge in [-0.05, 0) is 80.1 Å². The van der Waals surface area contributed by atoms with Crippen LogP contribution in [0.1, 0.15) is 52.4 Å². The summed E-state index contributed by atoms with van der Waals surface area (Å²) in [5, 5.41) is 5.90. The predicted octanol–water partition coefficient (Wildman–Crippen LogP) is 8.28. The highest BCUT2D eigenvalue weighted by molar-refractivity contribution is 8.13. The fourth-order valence-electron chi connectivity index (χ4n) is 5.27. The molecule has 0 unspecified atom stereocenters. The molecule has 5 rings (SSSR count). The lowest BCUT2D eigenvalue weighted by atomic mass is 10.0. The maximum absolute atomic E-state index is 15.3. The second-order valence-corrected chi connectivity index (χ2v) is 13.9. The number of carbonyl (C=O) groups excluding carboxylic acids is 3. The average molecular weight is 757 g/mol. The number of pyridine rings is 1. The number of fused-ring (bicyclic) bond motifs is 1. The zero-order chi connectivity index (χ0) is 36.5. The number of nitrogens with zero attached hydrogens (tertiary/aromatic N) is 1. The Morgan fingerprint density at radius 3 is 2.19 bits per heavy atom. The molecule has 3 aromatic carbocycles. The molecule has 1 heterocycles. The standard InChI is InChI=1S/C38H42F2N4O6S.ClH/c1-23(2)34(41)35(45)51-19-7-5-4-6-18-49-33-22-29-27(21-32(33)48-3)30(14-17-42-29)50-31-13-12-26(20-28(31)40)44-37(47)38(15-16-38)36(46)43-25-10-8-24(39)9-11-25;/h8-14,17,20-23,34H,4-7,15-16,18-19,41H2,1-3H3,(H,43,46)(H,44,47);1H/t34-;/m0./s1. The molecule has 0 bridgehead atoms. The molecule has 1 saturated carbocycles. The van der Waals surface area contributed by atoms with Crippen molar-refractivity contribution in [3.63, 3.8) is 0 Å². The number of aromatic nitrogens is 1. The van der Waals surface area contributed by atoms with Crippen LogP contribution in [0, 0.1) is 23.0 Å². The number of amides is 2. The van der Waals surface area contributed by atoms with E-state index in [-0.39, 0.29) is 34.9 Å². The van der Waals surface area contributed by atoms with Crippen LogP contribution < -0.4 is 30.6 Å². The third-order valence-corrected chi connectivity index (χ3v) is 9.70. The summed E-state index contributed by atoms with van der Waals surface area (Å²) in [6, 6.07) is 13.9. The van der Waals surface area contributed by atoms with Gasteiger partial charge >= 0.3 is 0 Å². The van der Waals surface area contributed by atoms with Crippen LogP contribution in [0.4, 0.5) is 20.2 Å².